The van der Waals surface area contributed by atoms with Crippen molar-refractivity contribution < 1.29 is 9.84 Å². The van der Waals surface area contributed by atoms with Crippen LogP contribution in [0, 0.1) is 6.92 Å². The molecule has 1 atom stereocenters. The van der Waals surface area contributed by atoms with Crippen LogP contribution in [0.15, 0.2) is 35.7 Å². The van der Waals surface area contributed by atoms with Gasteiger partial charge in [-0.1, -0.05) is 35.0 Å². The Morgan fingerprint density at radius 2 is 2.00 bits per heavy atom. The number of aliphatic hydroxyl groups is 1. The summed E-state index contributed by atoms with van der Waals surface area (Å²) in [6.45, 7) is 2.06. The molecule has 0 saturated heterocycles. The van der Waals surface area contributed by atoms with E-state index in [0.717, 1.165) is 5.56 Å². The lowest BCUT2D eigenvalue weighted by atomic mass is 10.3. The van der Waals surface area contributed by atoms with Gasteiger partial charge in [-0.3, -0.25) is 0 Å². The standard InChI is InChI=1S/C14H14Cl2N2O2S/c1-9-5-17-14(18-6-9)21-8-11(19)7-20-13-3-2-10(15)4-12(13)16/h2-6,11,19H,7-8H2,1H3. The van der Waals surface area contributed by atoms with E-state index < -0.39 is 6.10 Å². The number of benzene rings is 1. The molecule has 21 heavy (non-hydrogen) atoms. The van der Waals surface area contributed by atoms with Gasteiger partial charge in [0.05, 0.1) is 11.1 Å². The zero-order valence-corrected chi connectivity index (χ0v) is 13.6. The van der Waals surface area contributed by atoms with Crippen LogP contribution in [-0.2, 0) is 0 Å². The molecule has 7 heteroatoms. The Balaban J connectivity index is 1.79. The first-order chi connectivity index (χ1) is 10.0. The number of aliphatic hydroxyl groups excluding tert-OH is 1. The summed E-state index contributed by atoms with van der Waals surface area (Å²) < 4.78 is 5.47. The predicted molar refractivity (Wildman–Crippen MR) is 85.5 cm³/mol. The summed E-state index contributed by atoms with van der Waals surface area (Å²) in [4.78, 5) is 8.31. The summed E-state index contributed by atoms with van der Waals surface area (Å²) in [7, 11) is 0. The molecule has 0 fully saturated rings. The molecule has 1 unspecified atom stereocenters. The SMILES string of the molecule is Cc1cnc(SCC(O)COc2ccc(Cl)cc2Cl)nc1. The molecule has 0 radical (unpaired) electrons. The molecule has 0 saturated carbocycles. The molecule has 0 bridgehead atoms. The molecule has 1 aromatic carbocycles. The Labute approximate surface area is 137 Å². The number of halogens is 2. The summed E-state index contributed by atoms with van der Waals surface area (Å²) in [5.41, 5.74) is 1.00. The number of aryl methyl sites for hydroxylation is 1. The summed E-state index contributed by atoms with van der Waals surface area (Å²) in [6, 6.07) is 4.96. The maximum Gasteiger partial charge on any atom is 0.187 e. The van der Waals surface area contributed by atoms with Crippen LogP contribution in [0.1, 0.15) is 5.56 Å². The van der Waals surface area contributed by atoms with E-state index in [-0.39, 0.29) is 6.61 Å². The average molecular weight is 345 g/mol. The molecule has 1 heterocycles. The van der Waals surface area contributed by atoms with Gasteiger partial charge in [-0.05, 0) is 30.7 Å². The van der Waals surface area contributed by atoms with Crippen LogP contribution in [-0.4, -0.2) is 33.5 Å². The minimum Gasteiger partial charge on any atom is -0.489 e. The van der Waals surface area contributed by atoms with Gasteiger partial charge in [0.25, 0.3) is 0 Å². The molecular weight excluding hydrogens is 331 g/mol. The Morgan fingerprint density at radius 1 is 1.29 bits per heavy atom. The molecule has 0 spiro atoms. The maximum absolute atomic E-state index is 9.90. The summed E-state index contributed by atoms with van der Waals surface area (Å²) in [6.07, 6.45) is 2.84. The van der Waals surface area contributed by atoms with E-state index in [1.165, 1.54) is 11.8 Å². The van der Waals surface area contributed by atoms with Crippen molar-refractivity contribution >= 4 is 35.0 Å². The van der Waals surface area contributed by atoms with Crippen molar-refractivity contribution in [3.63, 3.8) is 0 Å². The molecule has 1 N–H and O–H groups in total. The van der Waals surface area contributed by atoms with E-state index in [4.69, 9.17) is 27.9 Å². The smallest absolute Gasteiger partial charge is 0.187 e. The average Bonchev–Trinajstić information content (AvgIpc) is 2.46. The minimum absolute atomic E-state index is 0.139. The van der Waals surface area contributed by atoms with Crippen molar-refractivity contribution in [3.8, 4) is 5.75 Å². The Kier molecular flexibility index (Phi) is 6.11. The number of rotatable bonds is 6. The molecular formula is C14H14Cl2N2O2S. The van der Waals surface area contributed by atoms with E-state index in [9.17, 15) is 5.11 Å². The highest BCUT2D eigenvalue weighted by Gasteiger charge is 2.09. The lowest BCUT2D eigenvalue weighted by Crippen LogP contribution is -2.20. The predicted octanol–water partition coefficient (Wildman–Crippen LogP) is 3.62. The maximum atomic E-state index is 9.90. The Hall–Kier alpha value is -1.01. The molecule has 112 valence electrons. The van der Waals surface area contributed by atoms with Crippen LogP contribution in [0.2, 0.25) is 10.0 Å². The van der Waals surface area contributed by atoms with E-state index in [1.54, 1.807) is 30.6 Å². The van der Waals surface area contributed by atoms with E-state index >= 15 is 0 Å². The monoisotopic (exact) mass is 344 g/mol. The number of aromatic nitrogens is 2. The number of thioether (sulfide) groups is 1. The van der Waals surface area contributed by atoms with E-state index in [2.05, 4.69) is 9.97 Å². The second kappa shape index (κ2) is 7.84. The Morgan fingerprint density at radius 3 is 2.67 bits per heavy atom. The fraction of sp³-hybridized carbons (Fsp3) is 0.286. The van der Waals surface area contributed by atoms with Crippen molar-refractivity contribution in [1.29, 1.82) is 0 Å². The molecule has 0 aliphatic rings. The zero-order chi connectivity index (χ0) is 15.2. The van der Waals surface area contributed by atoms with Crippen molar-refractivity contribution in [2.24, 2.45) is 0 Å². The molecule has 0 amide bonds. The largest absolute Gasteiger partial charge is 0.489 e. The van der Waals surface area contributed by atoms with Crippen LogP contribution < -0.4 is 4.74 Å². The minimum atomic E-state index is -0.647. The van der Waals surface area contributed by atoms with Gasteiger partial charge in [0.2, 0.25) is 0 Å². The van der Waals surface area contributed by atoms with E-state index in [0.29, 0.717) is 26.7 Å². The molecule has 0 aliphatic heterocycles. The van der Waals surface area contributed by atoms with Crippen molar-refractivity contribution in [1.82, 2.24) is 9.97 Å². The van der Waals surface area contributed by atoms with Gasteiger partial charge >= 0.3 is 0 Å². The number of ether oxygens (including phenoxy) is 1. The van der Waals surface area contributed by atoms with Crippen LogP contribution in [0.4, 0.5) is 0 Å². The molecule has 2 aromatic rings. The second-order valence-corrected chi connectivity index (χ2v) is 6.22. The summed E-state index contributed by atoms with van der Waals surface area (Å²) in [5, 5.41) is 11.5. The summed E-state index contributed by atoms with van der Waals surface area (Å²) >= 11 is 13.2. The molecule has 2 rings (SSSR count). The topological polar surface area (TPSA) is 55.2 Å². The highest BCUT2D eigenvalue weighted by atomic mass is 35.5. The van der Waals surface area contributed by atoms with Gasteiger partial charge < -0.3 is 9.84 Å². The number of hydrogen-bond donors (Lipinski definition) is 1. The van der Waals surface area contributed by atoms with Crippen molar-refractivity contribution in [3.05, 3.63) is 46.2 Å². The molecule has 4 nitrogen and oxygen atoms in total. The van der Waals surface area contributed by atoms with Crippen LogP contribution in [0.3, 0.4) is 0 Å². The van der Waals surface area contributed by atoms with Gasteiger partial charge in [-0.15, -0.1) is 0 Å². The third-order valence-electron chi connectivity index (χ3n) is 2.49. The lowest BCUT2D eigenvalue weighted by molar-refractivity contribution is 0.126. The van der Waals surface area contributed by atoms with Gasteiger partial charge in [0.1, 0.15) is 12.4 Å². The highest BCUT2D eigenvalue weighted by Crippen LogP contribution is 2.27. The number of nitrogens with zero attached hydrogens (tertiary/aromatic N) is 2. The molecule has 1 aromatic heterocycles. The second-order valence-electron chi connectivity index (χ2n) is 4.39. The third kappa shape index (κ3) is 5.36. The van der Waals surface area contributed by atoms with Gasteiger partial charge in [0, 0.05) is 23.2 Å². The fourth-order valence-corrected chi connectivity index (χ4v) is 2.61. The first-order valence-electron chi connectivity index (χ1n) is 6.22. The van der Waals surface area contributed by atoms with Gasteiger partial charge in [-0.2, -0.15) is 0 Å². The first-order valence-corrected chi connectivity index (χ1v) is 7.96. The van der Waals surface area contributed by atoms with Crippen LogP contribution in [0.5, 0.6) is 5.75 Å². The number of hydrogen-bond acceptors (Lipinski definition) is 5. The highest BCUT2D eigenvalue weighted by molar-refractivity contribution is 7.99. The van der Waals surface area contributed by atoms with Crippen molar-refractivity contribution in [2.45, 2.75) is 18.2 Å². The van der Waals surface area contributed by atoms with Gasteiger partial charge in [0.15, 0.2) is 5.16 Å². The summed E-state index contributed by atoms with van der Waals surface area (Å²) in [5.74, 6) is 0.936. The van der Waals surface area contributed by atoms with Crippen LogP contribution in [0.25, 0.3) is 0 Å². The van der Waals surface area contributed by atoms with Crippen molar-refractivity contribution in [2.75, 3.05) is 12.4 Å². The normalized spacial score (nSPS) is 12.2. The zero-order valence-electron chi connectivity index (χ0n) is 11.3. The lowest BCUT2D eigenvalue weighted by Gasteiger charge is -2.12. The molecule has 0 aliphatic carbocycles. The van der Waals surface area contributed by atoms with Crippen LogP contribution >= 0.6 is 35.0 Å². The quantitative estimate of drug-likeness (QED) is 0.640. The first kappa shape index (κ1) is 16.4. The van der Waals surface area contributed by atoms with Gasteiger partial charge in [-0.25, -0.2) is 9.97 Å². The Bertz CT molecular complexity index is 596. The van der Waals surface area contributed by atoms with E-state index in [1.807, 2.05) is 6.92 Å². The fourth-order valence-electron chi connectivity index (χ4n) is 1.45. The third-order valence-corrected chi connectivity index (χ3v) is 4.04.